The van der Waals surface area contributed by atoms with Crippen LogP contribution in [0, 0.1) is 0 Å². The lowest BCUT2D eigenvalue weighted by atomic mass is 10.0. The van der Waals surface area contributed by atoms with Gasteiger partial charge in [-0.15, -0.1) is 0 Å². The first-order chi connectivity index (χ1) is 10.4. The van der Waals surface area contributed by atoms with E-state index >= 15 is 0 Å². The van der Waals surface area contributed by atoms with Crippen molar-refractivity contribution >= 4 is 32.3 Å². The topological polar surface area (TPSA) is 67.0 Å². The molecule has 2 aromatic carbocycles. The Hall–Kier alpha value is -2.11. The van der Waals surface area contributed by atoms with Crippen LogP contribution in [0.5, 0.6) is 0 Å². The third kappa shape index (κ3) is 2.53. The van der Waals surface area contributed by atoms with Crippen LogP contribution in [-0.4, -0.2) is 19.7 Å². The van der Waals surface area contributed by atoms with Crippen molar-refractivity contribution in [2.75, 3.05) is 6.26 Å². The van der Waals surface area contributed by atoms with Crippen LogP contribution >= 0.6 is 11.6 Å². The Labute approximate surface area is 132 Å². The van der Waals surface area contributed by atoms with E-state index in [1.807, 2.05) is 6.07 Å². The summed E-state index contributed by atoms with van der Waals surface area (Å²) in [7, 11) is -3.70. The van der Waals surface area contributed by atoms with E-state index in [-0.39, 0.29) is 4.90 Å². The van der Waals surface area contributed by atoms with Gasteiger partial charge in [-0.2, -0.15) is 0 Å². The molecule has 1 N–H and O–H groups in total. The van der Waals surface area contributed by atoms with Gasteiger partial charge in [-0.1, -0.05) is 41.9 Å². The lowest BCUT2D eigenvalue weighted by Gasteiger charge is -2.12. The highest BCUT2D eigenvalue weighted by molar-refractivity contribution is 7.90. The van der Waals surface area contributed by atoms with Crippen molar-refractivity contribution in [2.45, 2.75) is 4.90 Å². The molecule has 112 valence electrons. The SMILES string of the molecule is CS(=O)(=O)c1c(-c2ccccc2)c2cc(Cl)ccc2[nH]c1=O. The maximum Gasteiger partial charge on any atom is 0.267 e. The first-order valence-corrected chi connectivity index (χ1v) is 8.76. The fraction of sp³-hybridized carbons (Fsp3) is 0.0625. The summed E-state index contributed by atoms with van der Waals surface area (Å²) in [5.41, 5.74) is 0.947. The number of hydrogen-bond donors (Lipinski definition) is 1. The second kappa shape index (κ2) is 5.26. The van der Waals surface area contributed by atoms with Crippen molar-refractivity contribution in [2.24, 2.45) is 0 Å². The van der Waals surface area contributed by atoms with E-state index < -0.39 is 15.4 Å². The van der Waals surface area contributed by atoms with E-state index in [1.165, 1.54) is 0 Å². The van der Waals surface area contributed by atoms with Gasteiger partial charge in [0.2, 0.25) is 0 Å². The molecule has 0 fully saturated rings. The average Bonchev–Trinajstić information content (AvgIpc) is 2.46. The quantitative estimate of drug-likeness (QED) is 0.782. The fourth-order valence-corrected chi connectivity index (χ4v) is 3.65. The number of sulfone groups is 1. The van der Waals surface area contributed by atoms with Crippen LogP contribution in [0.3, 0.4) is 0 Å². The molecule has 0 aliphatic carbocycles. The van der Waals surface area contributed by atoms with Crippen molar-refractivity contribution in [3.8, 4) is 11.1 Å². The van der Waals surface area contributed by atoms with E-state index in [4.69, 9.17) is 11.6 Å². The van der Waals surface area contributed by atoms with Crippen LogP contribution in [0.2, 0.25) is 5.02 Å². The summed E-state index contributed by atoms with van der Waals surface area (Å²) in [6.07, 6.45) is 1.03. The number of benzene rings is 2. The van der Waals surface area contributed by atoms with Gasteiger partial charge in [0.05, 0.1) is 0 Å². The number of fused-ring (bicyclic) bond motifs is 1. The Morgan fingerprint density at radius 1 is 1.05 bits per heavy atom. The van der Waals surface area contributed by atoms with Gasteiger partial charge in [0, 0.05) is 27.7 Å². The van der Waals surface area contributed by atoms with E-state index in [9.17, 15) is 13.2 Å². The zero-order chi connectivity index (χ0) is 15.9. The lowest BCUT2D eigenvalue weighted by molar-refractivity contribution is 0.601. The maximum absolute atomic E-state index is 12.3. The molecule has 0 aliphatic rings. The molecule has 22 heavy (non-hydrogen) atoms. The zero-order valence-corrected chi connectivity index (χ0v) is 13.2. The Bertz CT molecular complexity index is 1020. The van der Waals surface area contributed by atoms with E-state index in [0.717, 1.165) is 6.26 Å². The molecule has 1 heterocycles. The molecule has 0 unspecified atom stereocenters. The second-order valence-electron chi connectivity index (χ2n) is 4.99. The standard InChI is InChI=1S/C16H12ClNO3S/c1-22(20,21)15-14(10-5-3-2-4-6-10)12-9-11(17)7-8-13(12)18-16(15)19/h2-9H,1H3,(H,18,19). The van der Waals surface area contributed by atoms with Crippen LogP contribution in [0.15, 0.2) is 58.2 Å². The Balaban J connectivity index is 2.59. The van der Waals surface area contributed by atoms with Gasteiger partial charge >= 0.3 is 0 Å². The molecule has 0 atom stereocenters. The lowest BCUT2D eigenvalue weighted by Crippen LogP contribution is -2.18. The minimum atomic E-state index is -3.70. The molecule has 0 bridgehead atoms. The molecule has 4 nitrogen and oxygen atoms in total. The number of H-pyrrole nitrogens is 1. The van der Waals surface area contributed by atoms with Gasteiger partial charge in [0.25, 0.3) is 5.56 Å². The first kappa shape index (κ1) is 14.8. The molecule has 1 aromatic heterocycles. The minimum absolute atomic E-state index is 0.242. The predicted octanol–water partition coefficient (Wildman–Crippen LogP) is 3.25. The van der Waals surface area contributed by atoms with Crippen LogP contribution < -0.4 is 5.56 Å². The number of halogens is 1. The first-order valence-electron chi connectivity index (χ1n) is 6.49. The predicted molar refractivity (Wildman–Crippen MR) is 88.1 cm³/mol. The van der Waals surface area contributed by atoms with Crippen LogP contribution in [0.4, 0.5) is 0 Å². The summed E-state index contributed by atoms with van der Waals surface area (Å²) in [5, 5.41) is 1.06. The number of pyridine rings is 1. The molecule has 0 aliphatic heterocycles. The maximum atomic E-state index is 12.3. The molecule has 0 radical (unpaired) electrons. The smallest absolute Gasteiger partial charge is 0.267 e. The summed E-state index contributed by atoms with van der Waals surface area (Å²) in [4.78, 5) is 14.7. The van der Waals surface area contributed by atoms with Crippen molar-refractivity contribution in [1.29, 1.82) is 0 Å². The minimum Gasteiger partial charge on any atom is -0.321 e. The van der Waals surface area contributed by atoms with Crippen LogP contribution in [-0.2, 0) is 9.84 Å². The summed E-state index contributed by atoms with van der Waals surface area (Å²) in [6.45, 7) is 0. The van der Waals surface area contributed by atoms with Crippen LogP contribution in [0.1, 0.15) is 0 Å². The average molecular weight is 334 g/mol. The largest absolute Gasteiger partial charge is 0.321 e. The molecule has 0 saturated heterocycles. The van der Waals surface area contributed by atoms with Gasteiger partial charge in [-0.05, 0) is 23.8 Å². The highest BCUT2D eigenvalue weighted by Crippen LogP contribution is 2.33. The third-order valence-corrected chi connectivity index (χ3v) is 4.73. The molecular formula is C16H12ClNO3S. The molecule has 0 amide bonds. The van der Waals surface area contributed by atoms with Crippen molar-refractivity contribution in [3.63, 3.8) is 0 Å². The second-order valence-corrected chi connectivity index (χ2v) is 7.38. The zero-order valence-electron chi connectivity index (χ0n) is 11.6. The molecule has 0 saturated carbocycles. The fourth-order valence-electron chi connectivity index (χ4n) is 2.49. The Morgan fingerprint density at radius 3 is 2.36 bits per heavy atom. The molecular weight excluding hydrogens is 322 g/mol. The highest BCUT2D eigenvalue weighted by atomic mass is 35.5. The van der Waals surface area contributed by atoms with Gasteiger partial charge in [0.1, 0.15) is 4.90 Å². The van der Waals surface area contributed by atoms with Crippen molar-refractivity contribution in [1.82, 2.24) is 4.98 Å². The van der Waals surface area contributed by atoms with Crippen molar-refractivity contribution in [3.05, 3.63) is 63.9 Å². The van der Waals surface area contributed by atoms with Crippen molar-refractivity contribution < 1.29 is 8.42 Å². The molecule has 3 rings (SSSR count). The van der Waals surface area contributed by atoms with E-state index in [1.54, 1.807) is 42.5 Å². The van der Waals surface area contributed by atoms with Gasteiger partial charge in [-0.25, -0.2) is 8.42 Å². The number of hydrogen-bond acceptors (Lipinski definition) is 3. The summed E-state index contributed by atoms with van der Waals surface area (Å²) >= 11 is 6.04. The number of aromatic amines is 1. The molecule has 3 aromatic rings. The summed E-state index contributed by atoms with van der Waals surface area (Å²) in [5.74, 6) is 0. The number of rotatable bonds is 2. The van der Waals surface area contributed by atoms with Gasteiger partial charge < -0.3 is 4.98 Å². The Kier molecular flexibility index (Phi) is 3.54. The highest BCUT2D eigenvalue weighted by Gasteiger charge is 2.22. The number of nitrogens with one attached hydrogen (secondary N) is 1. The third-order valence-electron chi connectivity index (χ3n) is 3.37. The summed E-state index contributed by atoms with van der Waals surface area (Å²) < 4.78 is 24.2. The molecule has 6 heteroatoms. The Morgan fingerprint density at radius 2 is 1.73 bits per heavy atom. The molecule has 0 spiro atoms. The van der Waals surface area contributed by atoms with Crippen LogP contribution in [0.25, 0.3) is 22.0 Å². The van der Waals surface area contributed by atoms with Gasteiger partial charge in [0.15, 0.2) is 9.84 Å². The monoisotopic (exact) mass is 333 g/mol. The normalized spacial score (nSPS) is 11.7. The van der Waals surface area contributed by atoms with E-state index in [2.05, 4.69) is 4.98 Å². The van der Waals surface area contributed by atoms with Gasteiger partial charge in [-0.3, -0.25) is 4.79 Å². The number of aromatic nitrogens is 1. The summed E-state index contributed by atoms with van der Waals surface area (Å²) in [6, 6.07) is 13.9. The van der Waals surface area contributed by atoms with E-state index in [0.29, 0.717) is 27.1 Å².